The molecule has 17 heavy (non-hydrogen) atoms. The molecule has 0 saturated carbocycles. The molecule has 2 aromatic rings. The summed E-state index contributed by atoms with van der Waals surface area (Å²) in [7, 11) is 0. The third-order valence-corrected chi connectivity index (χ3v) is 3.21. The minimum absolute atomic E-state index is 0.161. The number of hydrogen-bond donors (Lipinski definition) is 1. The first-order valence-corrected chi connectivity index (χ1v) is 5.83. The molecule has 1 atom stereocenters. The van der Waals surface area contributed by atoms with E-state index in [1.165, 1.54) is 0 Å². The van der Waals surface area contributed by atoms with Crippen LogP contribution in [0.3, 0.4) is 0 Å². The third kappa shape index (κ3) is 1.82. The maximum absolute atomic E-state index is 9.30. The zero-order valence-corrected chi connectivity index (χ0v) is 9.45. The van der Waals surface area contributed by atoms with Crippen molar-refractivity contribution in [2.24, 2.45) is 0 Å². The molecule has 1 aliphatic rings. The molecule has 88 valence electrons. The fraction of sp³-hybridized carbons (Fsp3) is 0.417. The molecule has 3 heterocycles. The summed E-state index contributed by atoms with van der Waals surface area (Å²) in [5.74, 6) is 0.709. The lowest BCUT2D eigenvalue weighted by Crippen LogP contribution is -2.33. The minimum Gasteiger partial charge on any atom is -0.394 e. The van der Waals surface area contributed by atoms with Crippen molar-refractivity contribution in [3.63, 3.8) is 0 Å². The molecular formula is C12H14N4O. The molecule has 0 aliphatic carbocycles. The van der Waals surface area contributed by atoms with Gasteiger partial charge >= 0.3 is 0 Å². The van der Waals surface area contributed by atoms with Gasteiger partial charge < -0.3 is 10.0 Å². The fourth-order valence-electron chi connectivity index (χ4n) is 2.29. The van der Waals surface area contributed by atoms with Crippen molar-refractivity contribution in [2.75, 3.05) is 18.1 Å². The van der Waals surface area contributed by atoms with Crippen molar-refractivity contribution in [3.8, 4) is 0 Å². The second-order valence-electron chi connectivity index (χ2n) is 4.28. The number of fused-ring (bicyclic) bond motifs is 1. The maximum atomic E-state index is 9.30. The second kappa shape index (κ2) is 4.25. The molecule has 3 rings (SSSR count). The Hall–Kier alpha value is -1.75. The highest BCUT2D eigenvalue weighted by Crippen LogP contribution is 2.23. The van der Waals surface area contributed by atoms with Gasteiger partial charge in [-0.05, 0) is 18.9 Å². The Morgan fingerprint density at radius 1 is 1.41 bits per heavy atom. The average molecular weight is 230 g/mol. The largest absolute Gasteiger partial charge is 0.394 e. The number of anilines is 1. The summed E-state index contributed by atoms with van der Waals surface area (Å²) in [6.07, 6.45) is 7.37. The van der Waals surface area contributed by atoms with E-state index in [-0.39, 0.29) is 12.6 Å². The lowest BCUT2D eigenvalue weighted by Gasteiger charge is -2.22. The van der Waals surface area contributed by atoms with Crippen LogP contribution in [-0.2, 0) is 0 Å². The zero-order chi connectivity index (χ0) is 11.7. The van der Waals surface area contributed by atoms with Gasteiger partial charge in [0.25, 0.3) is 0 Å². The van der Waals surface area contributed by atoms with E-state index in [2.05, 4.69) is 19.9 Å². The van der Waals surface area contributed by atoms with E-state index in [0.29, 0.717) is 5.95 Å². The number of aliphatic hydroxyl groups excluding tert-OH is 1. The topological polar surface area (TPSA) is 62.1 Å². The Bertz CT molecular complexity index is 531. The number of aromatic nitrogens is 3. The van der Waals surface area contributed by atoms with E-state index in [4.69, 9.17) is 0 Å². The highest BCUT2D eigenvalue weighted by atomic mass is 16.3. The summed E-state index contributed by atoms with van der Waals surface area (Å²) in [4.78, 5) is 15.0. The molecule has 1 saturated heterocycles. The highest BCUT2D eigenvalue weighted by molar-refractivity contribution is 5.77. The summed E-state index contributed by atoms with van der Waals surface area (Å²) >= 11 is 0. The standard InChI is InChI=1S/C12H14N4O/c17-8-10-2-1-5-16(10)12-14-7-9-6-13-4-3-11(9)15-12/h3-4,6-7,10,17H,1-2,5,8H2/t10-/m1/s1. The molecule has 0 spiro atoms. The predicted molar refractivity (Wildman–Crippen MR) is 64.8 cm³/mol. The van der Waals surface area contributed by atoms with Crippen LogP contribution >= 0.6 is 0 Å². The van der Waals surface area contributed by atoms with E-state index in [0.717, 1.165) is 30.3 Å². The van der Waals surface area contributed by atoms with Gasteiger partial charge in [0.15, 0.2) is 0 Å². The van der Waals surface area contributed by atoms with Crippen molar-refractivity contribution in [1.82, 2.24) is 15.0 Å². The molecular weight excluding hydrogens is 216 g/mol. The lowest BCUT2D eigenvalue weighted by atomic mass is 10.2. The monoisotopic (exact) mass is 230 g/mol. The first-order valence-electron chi connectivity index (χ1n) is 5.83. The van der Waals surface area contributed by atoms with Gasteiger partial charge in [0.1, 0.15) is 0 Å². The normalized spacial score (nSPS) is 20.1. The van der Waals surface area contributed by atoms with Crippen LogP contribution in [0.25, 0.3) is 10.9 Å². The molecule has 0 radical (unpaired) electrons. The fourth-order valence-corrected chi connectivity index (χ4v) is 2.29. The van der Waals surface area contributed by atoms with E-state index in [1.807, 2.05) is 6.07 Å². The van der Waals surface area contributed by atoms with Gasteiger partial charge in [0.05, 0.1) is 18.2 Å². The van der Waals surface area contributed by atoms with E-state index in [1.54, 1.807) is 18.6 Å². The molecule has 5 nitrogen and oxygen atoms in total. The van der Waals surface area contributed by atoms with Gasteiger partial charge in [0, 0.05) is 30.5 Å². The summed E-state index contributed by atoms with van der Waals surface area (Å²) in [6.45, 7) is 1.08. The Kier molecular flexibility index (Phi) is 2.60. The third-order valence-electron chi connectivity index (χ3n) is 3.21. The number of aliphatic hydroxyl groups is 1. The molecule has 1 aliphatic heterocycles. The highest BCUT2D eigenvalue weighted by Gasteiger charge is 2.25. The smallest absolute Gasteiger partial charge is 0.226 e. The van der Waals surface area contributed by atoms with Gasteiger partial charge in [-0.1, -0.05) is 0 Å². The Labute approximate surface area is 99.1 Å². The Balaban J connectivity index is 2.00. The molecule has 0 aromatic carbocycles. The van der Waals surface area contributed by atoms with Crippen LogP contribution in [0.2, 0.25) is 0 Å². The lowest BCUT2D eigenvalue weighted by molar-refractivity contribution is 0.265. The summed E-state index contributed by atoms with van der Waals surface area (Å²) in [5, 5.41) is 10.2. The predicted octanol–water partition coefficient (Wildman–Crippen LogP) is 0.986. The van der Waals surface area contributed by atoms with Crippen LogP contribution in [0.15, 0.2) is 24.7 Å². The quantitative estimate of drug-likeness (QED) is 0.833. The number of hydrogen-bond acceptors (Lipinski definition) is 5. The van der Waals surface area contributed by atoms with Crippen LogP contribution in [0.4, 0.5) is 5.95 Å². The van der Waals surface area contributed by atoms with E-state index < -0.39 is 0 Å². The average Bonchev–Trinajstić information content (AvgIpc) is 2.86. The number of rotatable bonds is 2. The first kappa shape index (κ1) is 10.4. The van der Waals surface area contributed by atoms with Crippen molar-refractivity contribution >= 4 is 16.9 Å². The van der Waals surface area contributed by atoms with Gasteiger partial charge in [-0.25, -0.2) is 9.97 Å². The first-order chi connectivity index (χ1) is 8.38. The van der Waals surface area contributed by atoms with Crippen LogP contribution in [0.5, 0.6) is 0 Å². The van der Waals surface area contributed by atoms with E-state index >= 15 is 0 Å². The van der Waals surface area contributed by atoms with Crippen LogP contribution in [0, 0.1) is 0 Å². The molecule has 0 unspecified atom stereocenters. The number of nitrogens with zero attached hydrogens (tertiary/aromatic N) is 4. The SMILES string of the molecule is OC[C@H]1CCCN1c1ncc2cnccc2n1. The van der Waals surface area contributed by atoms with Crippen LogP contribution in [0.1, 0.15) is 12.8 Å². The van der Waals surface area contributed by atoms with Crippen LogP contribution < -0.4 is 4.90 Å². The number of pyridine rings is 1. The van der Waals surface area contributed by atoms with Crippen molar-refractivity contribution in [3.05, 3.63) is 24.7 Å². The van der Waals surface area contributed by atoms with Gasteiger partial charge in [0.2, 0.25) is 5.95 Å². The van der Waals surface area contributed by atoms with Gasteiger partial charge in [-0.3, -0.25) is 4.98 Å². The molecule has 0 bridgehead atoms. The Morgan fingerprint density at radius 3 is 3.24 bits per heavy atom. The molecule has 1 fully saturated rings. The Morgan fingerprint density at radius 2 is 2.35 bits per heavy atom. The van der Waals surface area contributed by atoms with Crippen molar-refractivity contribution < 1.29 is 5.11 Å². The van der Waals surface area contributed by atoms with Crippen molar-refractivity contribution in [1.29, 1.82) is 0 Å². The second-order valence-corrected chi connectivity index (χ2v) is 4.28. The summed E-state index contributed by atoms with van der Waals surface area (Å²) in [6, 6.07) is 2.04. The molecule has 2 aromatic heterocycles. The molecule has 5 heteroatoms. The maximum Gasteiger partial charge on any atom is 0.226 e. The summed E-state index contributed by atoms with van der Waals surface area (Å²) in [5.41, 5.74) is 0.897. The van der Waals surface area contributed by atoms with E-state index in [9.17, 15) is 5.11 Å². The van der Waals surface area contributed by atoms with Gasteiger partial charge in [-0.15, -0.1) is 0 Å². The molecule has 1 N–H and O–H groups in total. The minimum atomic E-state index is 0.161. The van der Waals surface area contributed by atoms with Gasteiger partial charge in [-0.2, -0.15) is 0 Å². The summed E-state index contributed by atoms with van der Waals surface area (Å²) < 4.78 is 0. The van der Waals surface area contributed by atoms with Crippen LogP contribution in [-0.4, -0.2) is 39.3 Å². The zero-order valence-electron chi connectivity index (χ0n) is 9.45. The van der Waals surface area contributed by atoms with Crippen molar-refractivity contribution in [2.45, 2.75) is 18.9 Å². The molecule has 0 amide bonds.